The van der Waals surface area contributed by atoms with E-state index in [2.05, 4.69) is 5.32 Å². The molecular weight excluding hydrogens is 294 g/mol. The van der Waals surface area contributed by atoms with Gasteiger partial charge in [-0.25, -0.2) is 4.79 Å². The van der Waals surface area contributed by atoms with E-state index in [9.17, 15) is 14.7 Å². The van der Waals surface area contributed by atoms with Crippen molar-refractivity contribution < 1.29 is 19.4 Å². The highest BCUT2D eigenvalue weighted by Gasteiger charge is 2.31. The van der Waals surface area contributed by atoms with Gasteiger partial charge in [0.05, 0.1) is 11.5 Å². The number of carbonyl (C=O) groups is 2. The molecule has 0 radical (unpaired) electrons. The zero-order valence-electron chi connectivity index (χ0n) is 14.0. The molecule has 1 aliphatic carbocycles. The molecule has 23 heavy (non-hydrogen) atoms. The molecular formula is C18H25NO4. The summed E-state index contributed by atoms with van der Waals surface area (Å²) in [6.45, 7) is 6.03. The SMILES string of the molecule is CC(C)(C)OCCC(NC(=O)C1CCc2ccccc21)C(=O)O. The van der Waals surface area contributed by atoms with Gasteiger partial charge >= 0.3 is 5.97 Å². The van der Waals surface area contributed by atoms with Crippen molar-refractivity contribution in [2.45, 2.75) is 57.6 Å². The van der Waals surface area contributed by atoms with Crippen LogP contribution in [0, 0.1) is 0 Å². The molecule has 2 N–H and O–H groups in total. The number of hydrogen-bond acceptors (Lipinski definition) is 3. The predicted molar refractivity (Wildman–Crippen MR) is 87.4 cm³/mol. The largest absolute Gasteiger partial charge is 0.480 e. The number of aryl methyl sites for hydroxylation is 1. The Bertz CT molecular complexity index is 577. The van der Waals surface area contributed by atoms with Crippen molar-refractivity contribution in [1.82, 2.24) is 5.32 Å². The fourth-order valence-corrected chi connectivity index (χ4v) is 2.84. The lowest BCUT2D eigenvalue weighted by atomic mass is 10.00. The Morgan fingerprint density at radius 1 is 1.35 bits per heavy atom. The fourth-order valence-electron chi connectivity index (χ4n) is 2.84. The second kappa shape index (κ2) is 7.13. The number of rotatable bonds is 6. The predicted octanol–water partition coefficient (Wildman–Crippen LogP) is 2.49. The Labute approximate surface area is 137 Å². The van der Waals surface area contributed by atoms with E-state index in [4.69, 9.17) is 4.74 Å². The van der Waals surface area contributed by atoms with Gasteiger partial charge in [0.15, 0.2) is 0 Å². The number of carboxylic acids is 1. The molecule has 1 aliphatic rings. The average Bonchev–Trinajstić information content (AvgIpc) is 2.88. The van der Waals surface area contributed by atoms with E-state index < -0.39 is 12.0 Å². The van der Waals surface area contributed by atoms with E-state index in [-0.39, 0.29) is 23.8 Å². The third-order valence-electron chi connectivity index (χ3n) is 4.01. The normalized spacial score (nSPS) is 18.3. The van der Waals surface area contributed by atoms with Crippen molar-refractivity contribution in [3.8, 4) is 0 Å². The standard InChI is InChI=1S/C18H25NO4/c1-18(2,3)23-11-10-15(17(21)22)19-16(20)14-9-8-12-6-4-5-7-13(12)14/h4-7,14-15H,8-11H2,1-3H3,(H,19,20)(H,21,22). The van der Waals surface area contributed by atoms with Gasteiger partial charge in [0.1, 0.15) is 6.04 Å². The minimum absolute atomic E-state index is 0.210. The van der Waals surface area contributed by atoms with Gasteiger partial charge in [-0.05, 0) is 44.7 Å². The third-order valence-corrected chi connectivity index (χ3v) is 4.01. The number of carboxylic acid groups (broad SMARTS) is 1. The summed E-state index contributed by atoms with van der Waals surface area (Å²) in [7, 11) is 0. The molecule has 2 atom stereocenters. The molecule has 0 bridgehead atoms. The van der Waals surface area contributed by atoms with Crippen LogP contribution in [0.25, 0.3) is 0 Å². The van der Waals surface area contributed by atoms with Crippen molar-refractivity contribution in [2.75, 3.05) is 6.61 Å². The van der Waals surface area contributed by atoms with Crippen LogP contribution in [-0.2, 0) is 20.7 Å². The molecule has 2 rings (SSSR count). The van der Waals surface area contributed by atoms with Crippen molar-refractivity contribution in [3.63, 3.8) is 0 Å². The van der Waals surface area contributed by atoms with Gasteiger partial charge in [0.25, 0.3) is 0 Å². The molecule has 0 aromatic heterocycles. The van der Waals surface area contributed by atoms with E-state index in [1.807, 2.05) is 45.0 Å². The Morgan fingerprint density at radius 3 is 2.70 bits per heavy atom. The van der Waals surface area contributed by atoms with Crippen LogP contribution in [0.15, 0.2) is 24.3 Å². The van der Waals surface area contributed by atoms with Crippen LogP contribution in [0.5, 0.6) is 0 Å². The number of benzene rings is 1. The van der Waals surface area contributed by atoms with Gasteiger partial charge < -0.3 is 15.2 Å². The number of aliphatic carboxylic acids is 1. The topological polar surface area (TPSA) is 75.6 Å². The van der Waals surface area contributed by atoms with Gasteiger partial charge in [0, 0.05) is 13.0 Å². The molecule has 1 aromatic rings. The summed E-state index contributed by atoms with van der Waals surface area (Å²) >= 11 is 0. The Balaban J connectivity index is 1.95. The summed E-state index contributed by atoms with van der Waals surface area (Å²) in [6.07, 6.45) is 1.85. The lowest BCUT2D eigenvalue weighted by molar-refractivity contribution is -0.143. The second-order valence-corrected chi connectivity index (χ2v) is 6.94. The smallest absolute Gasteiger partial charge is 0.326 e. The van der Waals surface area contributed by atoms with Crippen LogP contribution in [0.1, 0.15) is 50.7 Å². The summed E-state index contributed by atoms with van der Waals surface area (Å²) in [5.41, 5.74) is 1.87. The molecule has 0 saturated carbocycles. The maximum absolute atomic E-state index is 12.5. The Morgan fingerprint density at radius 2 is 2.04 bits per heavy atom. The highest BCUT2D eigenvalue weighted by Crippen LogP contribution is 2.32. The van der Waals surface area contributed by atoms with Gasteiger partial charge in [0.2, 0.25) is 5.91 Å². The molecule has 0 saturated heterocycles. The first-order chi connectivity index (χ1) is 10.8. The van der Waals surface area contributed by atoms with E-state index >= 15 is 0 Å². The molecule has 0 aliphatic heterocycles. The maximum atomic E-state index is 12.5. The quantitative estimate of drug-likeness (QED) is 0.844. The lowest BCUT2D eigenvalue weighted by Crippen LogP contribution is -2.43. The van der Waals surface area contributed by atoms with Crippen molar-refractivity contribution in [1.29, 1.82) is 0 Å². The van der Waals surface area contributed by atoms with Crippen LogP contribution in [0.3, 0.4) is 0 Å². The lowest BCUT2D eigenvalue weighted by Gasteiger charge is -2.22. The number of amides is 1. The molecule has 1 amide bonds. The molecule has 1 aromatic carbocycles. The third kappa shape index (κ3) is 4.79. The number of nitrogens with one attached hydrogen (secondary N) is 1. The molecule has 126 valence electrons. The van der Waals surface area contributed by atoms with Crippen LogP contribution in [-0.4, -0.2) is 35.2 Å². The van der Waals surface area contributed by atoms with E-state index in [0.717, 1.165) is 18.4 Å². The van der Waals surface area contributed by atoms with Gasteiger partial charge in [-0.2, -0.15) is 0 Å². The summed E-state index contributed by atoms with van der Waals surface area (Å²) in [5, 5.41) is 12.0. The fraction of sp³-hybridized carbons (Fsp3) is 0.556. The first kappa shape index (κ1) is 17.5. The number of fused-ring (bicyclic) bond motifs is 1. The molecule has 5 heteroatoms. The van der Waals surface area contributed by atoms with Crippen molar-refractivity contribution in [3.05, 3.63) is 35.4 Å². The second-order valence-electron chi connectivity index (χ2n) is 6.94. The summed E-state index contributed by atoms with van der Waals surface area (Å²) < 4.78 is 5.56. The maximum Gasteiger partial charge on any atom is 0.326 e. The first-order valence-corrected chi connectivity index (χ1v) is 8.03. The average molecular weight is 319 g/mol. The molecule has 0 spiro atoms. The minimum Gasteiger partial charge on any atom is -0.480 e. The molecule has 0 heterocycles. The summed E-state index contributed by atoms with van der Waals surface area (Å²) in [4.78, 5) is 23.8. The molecule has 5 nitrogen and oxygen atoms in total. The zero-order chi connectivity index (χ0) is 17.0. The molecule has 2 unspecified atom stereocenters. The highest BCUT2D eigenvalue weighted by atomic mass is 16.5. The number of ether oxygens (including phenoxy) is 1. The van der Waals surface area contributed by atoms with Crippen LogP contribution >= 0.6 is 0 Å². The van der Waals surface area contributed by atoms with Gasteiger partial charge in [-0.1, -0.05) is 24.3 Å². The first-order valence-electron chi connectivity index (χ1n) is 8.03. The zero-order valence-corrected chi connectivity index (χ0v) is 14.0. The van der Waals surface area contributed by atoms with E-state index in [0.29, 0.717) is 6.61 Å². The Hall–Kier alpha value is -1.88. The van der Waals surface area contributed by atoms with E-state index in [1.165, 1.54) is 5.56 Å². The highest BCUT2D eigenvalue weighted by molar-refractivity contribution is 5.88. The van der Waals surface area contributed by atoms with Crippen molar-refractivity contribution >= 4 is 11.9 Å². The Kier molecular flexibility index (Phi) is 5.42. The van der Waals surface area contributed by atoms with Crippen LogP contribution < -0.4 is 5.32 Å². The van der Waals surface area contributed by atoms with Crippen LogP contribution in [0.2, 0.25) is 0 Å². The van der Waals surface area contributed by atoms with E-state index in [1.54, 1.807) is 0 Å². The van der Waals surface area contributed by atoms with Gasteiger partial charge in [-0.15, -0.1) is 0 Å². The monoisotopic (exact) mass is 319 g/mol. The van der Waals surface area contributed by atoms with Crippen molar-refractivity contribution in [2.24, 2.45) is 0 Å². The number of carbonyl (C=O) groups excluding carboxylic acids is 1. The summed E-state index contributed by atoms with van der Waals surface area (Å²) in [5.74, 6) is -1.49. The summed E-state index contributed by atoms with van der Waals surface area (Å²) in [6, 6.07) is 6.93. The van der Waals surface area contributed by atoms with Gasteiger partial charge in [-0.3, -0.25) is 4.79 Å². The minimum atomic E-state index is -1.03. The van der Waals surface area contributed by atoms with Crippen LogP contribution in [0.4, 0.5) is 0 Å². The molecule has 0 fully saturated rings. The number of hydrogen-bond donors (Lipinski definition) is 2.